The lowest BCUT2D eigenvalue weighted by Crippen LogP contribution is -1.90. The van der Waals surface area contributed by atoms with Crippen LogP contribution >= 0.6 is 22.9 Å². The van der Waals surface area contributed by atoms with Gasteiger partial charge in [0.25, 0.3) is 0 Å². The molecule has 0 spiro atoms. The largest absolute Gasteiger partial charge is 0.273 e. The zero-order chi connectivity index (χ0) is 10.3. The summed E-state index contributed by atoms with van der Waals surface area (Å²) in [6.45, 7) is 0. The van der Waals surface area contributed by atoms with E-state index in [4.69, 9.17) is 11.6 Å². The number of aromatic amines is 1. The highest BCUT2D eigenvalue weighted by atomic mass is 35.5. The van der Waals surface area contributed by atoms with Crippen LogP contribution in [0.4, 0.5) is 0 Å². The molecule has 0 bridgehead atoms. The molecule has 0 aliphatic heterocycles. The van der Waals surface area contributed by atoms with E-state index in [2.05, 4.69) is 25.1 Å². The summed E-state index contributed by atoms with van der Waals surface area (Å²) in [5.74, 6) is 0.523. The number of rotatable bonds is 1. The molecule has 74 valence electrons. The van der Waals surface area contributed by atoms with E-state index in [-0.39, 0.29) is 0 Å². The van der Waals surface area contributed by atoms with E-state index < -0.39 is 0 Å². The number of aromatic nitrogens is 5. The fourth-order valence-electron chi connectivity index (χ4n) is 1.24. The Labute approximate surface area is 93.2 Å². The fourth-order valence-corrected chi connectivity index (χ4v) is 1.99. The van der Waals surface area contributed by atoms with E-state index in [0.29, 0.717) is 22.0 Å². The van der Waals surface area contributed by atoms with Crippen molar-refractivity contribution in [1.82, 2.24) is 25.1 Å². The van der Waals surface area contributed by atoms with Gasteiger partial charge >= 0.3 is 0 Å². The van der Waals surface area contributed by atoms with Crippen molar-refractivity contribution in [2.75, 3.05) is 0 Å². The van der Waals surface area contributed by atoms with Crippen molar-refractivity contribution in [2.24, 2.45) is 0 Å². The minimum atomic E-state index is 0.362. The molecule has 0 saturated heterocycles. The summed E-state index contributed by atoms with van der Waals surface area (Å²) in [5, 5.41) is 8.82. The second-order valence-electron chi connectivity index (χ2n) is 2.84. The van der Waals surface area contributed by atoms with Crippen molar-refractivity contribution in [3.8, 4) is 11.5 Å². The van der Waals surface area contributed by atoms with E-state index in [9.17, 15) is 0 Å². The van der Waals surface area contributed by atoms with Gasteiger partial charge in [-0.2, -0.15) is 5.10 Å². The zero-order valence-corrected chi connectivity index (χ0v) is 8.88. The molecule has 0 saturated carbocycles. The molecular formula is C8H4ClN5S. The van der Waals surface area contributed by atoms with E-state index in [1.165, 1.54) is 11.3 Å². The van der Waals surface area contributed by atoms with Crippen LogP contribution in [0.3, 0.4) is 0 Å². The van der Waals surface area contributed by atoms with Crippen molar-refractivity contribution in [2.45, 2.75) is 0 Å². The topological polar surface area (TPSA) is 67.3 Å². The van der Waals surface area contributed by atoms with Crippen LogP contribution in [0.15, 0.2) is 17.1 Å². The van der Waals surface area contributed by atoms with Gasteiger partial charge in [0.1, 0.15) is 16.7 Å². The number of nitrogens with one attached hydrogen (secondary N) is 1. The van der Waals surface area contributed by atoms with Crippen LogP contribution in [0.2, 0.25) is 5.15 Å². The average Bonchev–Trinajstić information content (AvgIpc) is 2.88. The first-order valence-electron chi connectivity index (χ1n) is 4.10. The SMILES string of the molecule is Clc1nc(-c2cscn2)nc2cn[nH]c12. The highest BCUT2D eigenvalue weighted by Gasteiger charge is 2.10. The minimum Gasteiger partial charge on any atom is -0.273 e. The molecule has 15 heavy (non-hydrogen) atoms. The summed E-state index contributed by atoms with van der Waals surface area (Å²) in [6.07, 6.45) is 1.61. The summed E-state index contributed by atoms with van der Waals surface area (Å²) >= 11 is 7.46. The van der Waals surface area contributed by atoms with E-state index in [1.54, 1.807) is 11.7 Å². The molecule has 0 aliphatic rings. The molecule has 3 heterocycles. The first kappa shape index (κ1) is 8.75. The molecule has 0 atom stereocenters. The van der Waals surface area contributed by atoms with Crippen LogP contribution in [-0.4, -0.2) is 25.1 Å². The molecule has 3 aromatic rings. The number of hydrogen-bond acceptors (Lipinski definition) is 5. The Morgan fingerprint density at radius 2 is 2.27 bits per heavy atom. The Bertz CT molecular complexity index is 603. The summed E-state index contributed by atoms with van der Waals surface area (Å²) in [7, 11) is 0. The van der Waals surface area contributed by atoms with E-state index in [1.807, 2.05) is 5.38 Å². The number of H-pyrrole nitrogens is 1. The molecule has 1 N–H and O–H groups in total. The fraction of sp³-hybridized carbons (Fsp3) is 0. The van der Waals surface area contributed by atoms with Gasteiger partial charge in [0.2, 0.25) is 0 Å². The van der Waals surface area contributed by atoms with Crippen molar-refractivity contribution in [1.29, 1.82) is 0 Å². The smallest absolute Gasteiger partial charge is 0.181 e. The van der Waals surface area contributed by atoms with Crippen LogP contribution < -0.4 is 0 Å². The van der Waals surface area contributed by atoms with Crippen LogP contribution in [0.25, 0.3) is 22.6 Å². The van der Waals surface area contributed by atoms with Gasteiger partial charge in [-0.3, -0.25) is 5.10 Å². The lowest BCUT2D eigenvalue weighted by Gasteiger charge is -1.96. The Hall–Kier alpha value is -1.53. The number of halogens is 1. The third-order valence-electron chi connectivity index (χ3n) is 1.92. The predicted octanol–water partition coefficient (Wildman–Crippen LogP) is 2.13. The predicted molar refractivity (Wildman–Crippen MR) is 57.8 cm³/mol. The maximum atomic E-state index is 5.97. The zero-order valence-electron chi connectivity index (χ0n) is 7.31. The lowest BCUT2D eigenvalue weighted by molar-refractivity contribution is 1.11. The van der Waals surface area contributed by atoms with Gasteiger partial charge < -0.3 is 0 Å². The Balaban J connectivity index is 2.29. The van der Waals surface area contributed by atoms with Crippen LogP contribution in [-0.2, 0) is 0 Å². The van der Waals surface area contributed by atoms with E-state index >= 15 is 0 Å². The van der Waals surface area contributed by atoms with Gasteiger partial charge in [-0.1, -0.05) is 11.6 Å². The molecule has 0 aliphatic carbocycles. The highest BCUT2D eigenvalue weighted by Crippen LogP contribution is 2.22. The molecule has 3 rings (SSSR count). The van der Waals surface area contributed by atoms with Gasteiger partial charge in [-0.15, -0.1) is 11.3 Å². The second kappa shape index (κ2) is 3.25. The number of fused-ring (bicyclic) bond motifs is 1. The van der Waals surface area contributed by atoms with Gasteiger partial charge in [-0.05, 0) is 0 Å². The summed E-state index contributed by atoms with van der Waals surface area (Å²) in [4.78, 5) is 12.6. The molecule has 5 nitrogen and oxygen atoms in total. The molecule has 3 aromatic heterocycles. The average molecular weight is 238 g/mol. The third-order valence-corrected chi connectivity index (χ3v) is 2.78. The van der Waals surface area contributed by atoms with Gasteiger partial charge in [0.05, 0.1) is 11.7 Å². The van der Waals surface area contributed by atoms with Gasteiger partial charge in [0.15, 0.2) is 11.0 Å². The minimum absolute atomic E-state index is 0.362. The van der Waals surface area contributed by atoms with E-state index in [0.717, 1.165) is 5.69 Å². The Morgan fingerprint density at radius 1 is 1.33 bits per heavy atom. The Morgan fingerprint density at radius 3 is 3.07 bits per heavy atom. The highest BCUT2D eigenvalue weighted by molar-refractivity contribution is 7.07. The molecule has 0 aromatic carbocycles. The molecule has 0 fully saturated rings. The Kier molecular flexibility index (Phi) is 1.90. The van der Waals surface area contributed by atoms with Crippen molar-refractivity contribution in [3.05, 3.63) is 22.2 Å². The van der Waals surface area contributed by atoms with Crippen molar-refractivity contribution < 1.29 is 0 Å². The van der Waals surface area contributed by atoms with Gasteiger partial charge in [-0.25, -0.2) is 15.0 Å². The second-order valence-corrected chi connectivity index (χ2v) is 3.92. The standard InChI is InChI=1S/C8H4ClN5S/c9-7-6-4(1-11-14-6)12-8(13-7)5-2-15-3-10-5/h1-3H,(H,11,14). The normalized spacial score (nSPS) is 11.0. The summed E-state index contributed by atoms with van der Waals surface area (Å²) in [5.41, 5.74) is 3.80. The van der Waals surface area contributed by atoms with Crippen LogP contribution in [0.1, 0.15) is 0 Å². The van der Waals surface area contributed by atoms with Crippen molar-refractivity contribution in [3.63, 3.8) is 0 Å². The first-order valence-corrected chi connectivity index (χ1v) is 5.42. The van der Waals surface area contributed by atoms with Crippen LogP contribution in [0.5, 0.6) is 0 Å². The third kappa shape index (κ3) is 1.38. The molecule has 0 amide bonds. The lowest BCUT2D eigenvalue weighted by atomic mass is 10.4. The maximum absolute atomic E-state index is 5.97. The molecule has 0 radical (unpaired) electrons. The monoisotopic (exact) mass is 237 g/mol. The maximum Gasteiger partial charge on any atom is 0.181 e. The first-order chi connectivity index (χ1) is 7.34. The summed E-state index contributed by atoms with van der Waals surface area (Å²) < 4.78 is 0. The summed E-state index contributed by atoms with van der Waals surface area (Å²) in [6, 6.07) is 0. The quantitative estimate of drug-likeness (QED) is 0.659. The number of hydrogen-bond donors (Lipinski definition) is 1. The van der Waals surface area contributed by atoms with Gasteiger partial charge in [0, 0.05) is 5.38 Å². The molecule has 0 unspecified atom stereocenters. The van der Waals surface area contributed by atoms with Crippen molar-refractivity contribution >= 4 is 34.0 Å². The number of thiazole rings is 1. The number of nitrogens with zero attached hydrogens (tertiary/aromatic N) is 4. The molecular weight excluding hydrogens is 234 g/mol. The van der Waals surface area contributed by atoms with Crippen LogP contribution in [0, 0.1) is 0 Å². The molecule has 7 heteroatoms.